The first-order valence-electron chi connectivity index (χ1n) is 6.73. The predicted octanol–water partition coefficient (Wildman–Crippen LogP) is 0.237. The lowest BCUT2D eigenvalue weighted by atomic mass is 10.2. The standard InChI is InChI=1S/C14H23N3O4S/c1-16(2)9-8-15-14(18)11-6-7-12(21-5)13(10-11)22(19,20)17(3)4/h6-7,10H,8-9H2,1-5H3,(H,15,18). The van der Waals surface area contributed by atoms with Crippen LogP contribution in [-0.2, 0) is 10.0 Å². The van der Waals surface area contributed by atoms with Crippen LogP contribution in [0.2, 0.25) is 0 Å². The maximum absolute atomic E-state index is 12.3. The fourth-order valence-corrected chi connectivity index (χ4v) is 2.79. The minimum atomic E-state index is -3.69. The van der Waals surface area contributed by atoms with Crippen molar-refractivity contribution >= 4 is 15.9 Å². The summed E-state index contributed by atoms with van der Waals surface area (Å²) in [7, 11) is 4.37. The highest BCUT2D eigenvalue weighted by Crippen LogP contribution is 2.26. The molecule has 0 spiro atoms. The first-order valence-corrected chi connectivity index (χ1v) is 8.17. The Bertz CT molecular complexity index is 627. The summed E-state index contributed by atoms with van der Waals surface area (Å²) in [4.78, 5) is 14.0. The highest BCUT2D eigenvalue weighted by atomic mass is 32.2. The highest BCUT2D eigenvalue weighted by molar-refractivity contribution is 7.89. The van der Waals surface area contributed by atoms with E-state index in [0.717, 1.165) is 4.31 Å². The Hall–Kier alpha value is -1.64. The molecule has 7 nitrogen and oxygen atoms in total. The monoisotopic (exact) mass is 329 g/mol. The zero-order valence-electron chi connectivity index (χ0n) is 13.6. The number of benzene rings is 1. The van der Waals surface area contributed by atoms with Gasteiger partial charge in [0, 0.05) is 32.7 Å². The molecular weight excluding hydrogens is 306 g/mol. The van der Waals surface area contributed by atoms with Crippen molar-refractivity contribution in [2.45, 2.75) is 4.90 Å². The Balaban J connectivity index is 3.08. The molecule has 1 N–H and O–H groups in total. The minimum absolute atomic E-state index is 0.0275. The number of carbonyl (C=O) groups is 1. The molecule has 0 atom stereocenters. The number of hydrogen-bond acceptors (Lipinski definition) is 5. The van der Waals surface area contributed by atoms with Gasteiger partial charge in [-0.1, -0.05) is 0 Å². The van der Waals surface area contributed by atoms with Gasteiger partial charge in [-0.05, 0) is 32.3 Å². The topological polar surface area (TPSA) is 79.0 Å². The normalized spacial score (nSPS) is 11.8. The molecule has 0 aromatic heterocycles. The summed E-state index contributed by atoms with van der Waals surface area (Å²) in [5.41, 5.74) is 0.278. The summed E-state index contributed by atoms with van der Waals surface area (Å²) in [6.45, 7) is 1.18. The summed E-state index contributed by atoms with van der Waals surface area (Å²) in [5, 5.41) is 2.75. The van der Waals surface area contributed by atoms with E-state index in [4.69, 9.17) is 4.74 Å². The van der Waals surface area contributed by atoms with Crippen LogP contribution in [0.5, 0.6) is 5.75 Å². The van der Waals surface area contributed by atoms with E-state index in [1.807, 2.05) is 19.0 Å². The molecule has 1 aromatic rings. The van der Waals surface area contributed by atoms with Gasteiger partial charge >= 0.3 is 0 Å². The second-order valence-electron chi connectivity index (χ2n) is 5.21. The average Bonchev–Trinajstić information content (AvgIpc) is 2.45. The number of sulfonamides is 1. The van der Waals surface area contributed by atoms with Crippen LogP contribution in [0.4, 0.5) is 0 Å². The van der Waals surface area contributed by atoms with Crippen LogP contribution in [0.25, 0.3) is 0 Å². The quantitative estimate of drug-likeness (QED) is 0.775. The van der Waals surface area contributed by atoms with Gasteiger partial charge in [-0.15, -0.1) is 0 Å². The largest absolute Gasteiger partial charge is 0.495 e. The molecule has 0 radical (unpaired) electrons. The Morgan fingerprint density at radius 3 is 2.36 bits per heavy atom. The van der Waals surface area contributed by atoms with E-state index in [9.17, 15) is 13.2 Å². The molecule has 1 aromatic carbocycles. The molecule has 0 bridgehead atoms. The van der Waals surface area contributed by atoms with Gasteiger partial charge in [0.1, 0.15) is 10.6 Å². The molecule has 22 heavy (non-hydrogen) atoms. The minimum Gasteiger partial charge on any atom is -0.495 e. The van der Waals surface area contributed by atoms with Crippen molar-refractivity contribution in [1.82, 2.24) is 14.5 Å². The van der Waals surface area contributed by atoms with Crippen molar-refractivity contribution < 1.29 is 17.9 Å². The van der Waals surface area contributed by atoms with Crippen molar-refractivity contribution in [3.8, 4) is 5.75 Å². The zero-order valence-corrected chi connectivity index (χ0v) is 14.4. The van der Waals surface area contributed by atoms with Crippen molar-refractivity contribution in [1.29, 1.82) is 0 Å². The zero-order chi connectivity index (χ0) is 16.9. The van der Waals surface area contributed by atoms with Crippen molar-refractivity contribution in [3.63, 3.8) is 0 Å². The van der Waals surface area contributed by atoms with E-state index in [0.29, 0.717) is 13.1 Å². The van der Waals surface area contributed by atoms with Gasteiger partial charge in [0.2, 0.25) is 10.0 Å². The molecule has 0 saturated heterocycles. The van der Waals surface area contributed by atoms with Crippen LogP contribution in [0.1, 0.15) is 10.4 Å². The first-order chi connectivity index (χ1) is 10.2. The molecule has 0 aliphatic carbocycles. The number of likely N-dealkylation sites (N-methyl/N-ethyl adjacent to an activating group) is 1. The fourth-order valence-electron chi connectivity index (χ4n) is 1.71. The van der Waals surface area contributed by atoms with Crippen LogP contribution < -0.4 is 10.1 Å². The molecular formula is C14H23N3O4S. The van der Waals surface area contributed by atoms with Gasteiger partial charge in [0.25, 0.3) is 5.91 Å². The van der Waals surface area contributed by atoms with Crippen LogP contribution in [0.3, 0.4) is 0 Å². The third kappa shape index (κ3) is 4.43. The number of carbonyl (C=O) groups excluding carboxylic acids is 1. The van der Waals surface area contributed by atoms with E-state index in [1.54, 1.807) is 6.07 Å². The molecule has 0 heterocycles. The number of nitrogens with zero attached hydrogens (tertiary/aromatic N) is 2. The SMILES string of the molecule is COc1ccc(C(=O)NCCN(C)C)cc1S(=O)(=O)N(C)C. The van der Waals surface area contributed by atoms with Crippen LogP contribution in [-0.4, -0.2) is 71.9 Å². The number of nitrogens with one attached hydrogen (secondary N) is 1. The highest BCUT2D eigenvalue weighted by Gasteiger charge is 2.23. The van der Waals surface area contributed by atoms with E-state index in [-0.39, 0.29) is 22.1 Å². The third-order valence-electron chi connectivity index (χ3n) is 3.03. The summed E-state index contributed by atoms with van der Waals surface area (Å²) < 4.78 is 30.8. The Kier molecular flexibility index (Phi) is 6.34. The molecule has 1 rings (SSSR count). The Morgan fingerprint density at radius 2 is 1.86 bits per heavy atom. The van der Waals surface area contributed by atoms with Crippen molar-refractivity contribution in [2.75, 3.05) is 48.4 Å². The van der Waals surface area contributed by atoms with Crippen molar-refractivity contribution in [3.05, 3.63) is 23.8 Å². The van der Waals surface area contributed by atoms with E-state index in [1.165, 1.54) is 33.3 Å². The first kappa shape index (κ1) is 18.4. The smallest absolute Gasteiger partial charge is 0.251 e. The third-order valence-corrected chi connectivity index (χ3v) is 4.87. The van der Waals surface area contributed by atoms with Crippen LogP contribution in [0.15, 0.2) is 23.1 Å². The summed E-state index contributed by atoms with van der Waals surface area (Å²) in [6, 6.07) is 4.36. The fraction of sp³-hybridized carbons (Fsp3) is 0.500. The predicted molar refractivity (Wildman–Crippen MR) is 84.8 cm³/mol. The van der Waals surface area contributed by atoms with Crippen LogP contribution in [0, 0.1) is 0 Å². The van der Waals surface area contributed by atoms with Gasteiger partial charge in [0.15, 0.2) is 0 Å². The molecule has 8 heteroatoms. The number of ether oxygens (including phenoxy) is 1. The maximum Gasteiger partial charge on any atom is 0.251 e. The van der Waals surface area contributed by atoms with E-state index in [2.05, 4.69) is 5.32 Å². The van der Waals surface area contributed by atoms with Crippen molar-refractivity contribution in [2.24, 2.45) is 0 Å². The number of rotatable bonds is 7. The molecule has 0 aliphatic rings. The molecule has 0 aliphatic heterocycles. The lowest BCUT2D eigenvalue weighted by molar-refractivity contribution is 0.0951. The number of methoxy groups -OCH3 is 1. The summed E-state index contributed by atoms with van der Waals surface area (Å²) in [5.74, 6) is -0.113. The molecule has 1 amide bonds. The lowest BCUT2D eigenvalue weighted by Gasteiger charge is -2.16. The van der Waals surface area contributed by atoms with Gasteiger partial charge in [-0.25, -0.2) is 12.7 Å². The molecule has 0 unspecified atom stereocenters. The number of hydrogen-bond donors (Lipinski definition) is 1. The Labute approximate surface area is 131 Å². The second-order valence-corrected chi connectivity index (χ2v) is 7.33. The molecule has 0 fully saturated rings. The summed E-state index contributed by atoms with van der Waals surface area (Å²) in [6.07, 6.45) is 0. The number of amides is 1. The molecule has 0 saturated carbocycles. The molecule has 124 valence electrons. The average molecular weight is 329 g/mol. The maximum atomic E-state index is 12.3. The van der Waals surface area contributed by atoms with Gasteiger partial charge < -0.3 is 15.0 Å². The summed E-state index contributed by atoms with van der Waals surface area (Å²) >= 11 is 0. The van der Waals surface area contributed by atoms with Gasteiger partial charge in [0.05, 0.1) is 7.11 Å². The van der Waals surface area contributed by atoms with E-state index >= 15 is 0 Å². The lowest BCUT2D eigenvalue weighted by Crippen LogP contribution is -2.31. The van der Waals surface area contributed by atoms with Gasteiger partial charge in [-0.3, -0.25) is 4.79 Å². The van der Waals surface area contributed by atoms with E-state index < -0.39 is 10.0 Å². The van der Waals surface area contributed by atoms with Crippen LogP contribution >= 0.6 is 0 Å². The van der Waals surface area contributed by atoms with Gasteiger partial charge in [-0.2, -0.15) is 0 Å². The second kappa shape index (κ2) is 7.57. The Morgan fingerprint density at radius 1 is 1.23 bits per heavy atom.